The van der Waals surface area contributed by atoms with Gasteiger partial charge in [0.1, 0.15) is 5.82 Å². The Hall–Kier alpha value is -2.11. The number of benzene rings is 1. The van der Waals surface area contributed by atoms with E-state index in [4.69, 9.17) is 0 Å². The van der Waals surface area contributed by atoms with Gasteiger partial charge in [0.05, 0.1) is 11.8 Å². The van der Waals surface area contributed by atoms with Gasteiger partial charge in [-0.1, -0.05) is 12.8 Å². The topological polar surface area (TPSA) is 60.9 Å². The van der Waals surface area contributed by atoms with Crippen LogP contribution in [0.3, 0.4) is 0 Å². The summed E-state index contributed by atoms with van der Waals surface area (Å²) in [5.41, 5.74) is 0.949. The van der Waals surface area contributed by atoms with Crippen LogP contribution in [0.15, 0.2) is 24.3 Å². The second kappa shape index (κ2) is 7.20. The minimum Gasteiger partial charge on any atom is -0.481 e. The number of aliphatic carboxylic acids is 1. The summed E-state index contributed by atoms with van der Waals surface area (Å²) in [6.45, 7) is 2.53. The van der Waals surface area contributed by atoms with Crippen LogP contribution in [0.2, 0.25) is 0 Å². The highest BCUT2D eigenvalue weighted by atomic mass is 19.1. The van der Waals surface area contributed by atoms with Crippen molar-refractivity contribution in [1.82, 2.24) is 4.90 Å². The van der Waals surface area contributed by atoms with Gasteiger partial charge >= 0.3 is 5.97 Å². The highest BCUT2D eigenvalue weighted by molar-refractivity contribution is 5.85. The van der Waals surface area contributed by atoms with Gasteiger partial charge in [0.25, 0.3) is 0 Å². The lowest BCUT2D eigenvalue weighted by atomic mass is 9.78. The van der Waals surface area contributed by atoms with Gasteiger partial charge in [0.15, 0.2) is 0 Å². The third-order valence-corrected chi connectivity index (χ3v) is 5.18. The molecule has 2 atom stereocenters. The predicted molar refractivity (Wildman–Crippen MR) is 88.3 cm³/mol. The number of carboxylic acids is 1. The normalized spacial score (nSPS) is 24.7. The number of anilines is 1. The molecule has 0 spiro atoms. The molecule has 1 aromatic rings. The summed E-state index contributed by atoms with van der Waals surface area (Å²) in [6.07, 6.45) is 3.09. The molecular formula is C18H23FN2O3. The molecule has 6 heteroatoms. The minimum atomic E-state index is -0.849. The van der Waals surface area contributed by atoms with Crippen molar-refractivity contribution in [1.29, 1.82) is 0 Å². The number of carbonyl (C=O) groups excluding carboxylic acids is 1. The molecule has 1 aromatic carbocycles. The molecule has 1 heterocycles. The second-order valence-electron chi connectivity index (χ2n) is 6.62. The molecule has 1 amide bonds. The fraction of sp³-hybridized carbons (Fsp3) is 0.556. The largest absolute Gasteiger partial charge is 0.481 e. The first kappa shape index (κ1) is 16.7. The monoisotopic (exact) mass is 334 g/mol. The van der Waals surface area contributed by atoms with Crippen molar-refractivity contribution < 1.29 is 19.1 Å². The van der Waals surface area contributed by atoms with E-state index in [9.17, 15) is 19.1 Å². The van der Waals surface area contributed by atoms with Crippen LogP contribution in [0.25, 0.3) is 0 Å². The lowest BCUT2D eigenvalue weighted by Crippen LogP contribution is -2.52. The lowest BCUT2D eigenvalue weighted by molar-refractivity contribution is -0.152. The van der Waals surface area contributed by atoms with E-state index >= 15 is 0 Å². The molecule has 2 aliphatic rings. The summed E-state index contributed by atoms with van der Waals surface area (Å²) in [7, 11) is 0. The Balaban J connectivity index is 1.60. The summed E-state index contributed by atoms with van der Waals surface area (Å²) in [6, 6.07) is 6.36. The third kappa shape index (κ3) is 3.52. The van der Waals surface area contributed by atoms with Crippen molar-refractivity contribution in [3.63, 3.8) is 0 Å². The fourth-order valence-electron chi connectivity index (χ4n) is 3.79. The van der Waals surface area contributed by atoms with Crippen LogP contribution < -0.4 is 4.90 Å². The van der Waals surface area contributed by atoms with Crippen molar-refractivity contribution in [2.75, 3.05) is 31.1 Å². The number of hydrogen-bond acceptors (Lipinski definition) is 3. The smallest absolute Gasteiger partial charge is 0.307 e. The average molecular weight is 334 g/mol. The highest BCUT2D eigenvalue weighted by Crippen LogP contribution is 2.32. The van der Waals surface area contributed by atoms with Crippen molar-refractivity contribution in [2.45, 2.75) is 25.7 Å². The van der Waals surface area contributed by atoms with Crippen LogP contribution in [0.1, 0.15) is 25.7 Å². The van der Waals surface area contributed by atoms with Crippen molar-refractivity contribution >= 4 is 17.6 Å². The average Bonchev–Trinajstić information content (AvgIpc) is 2.62. The molecule has 130 valence electrons. The Bertz CT molecular complexity index is 597. The quantitative estimate of drug-likeness (QED) is 0.922. The van der Waals surface area contributed by atoms with Gasteiger partial charge < -0.3 is 14.9 Å². The zero-order valence-electron chi connectivity index (χ0n) is 13.7. The van der Waals surface area contributed by atoms with Gasteiger partial charge in [-0.15, -0.1) is 0 Å². The molecule has 3 rings (SSSR count). The molecule has 2 fully saturated rings. The number of amides is 1. The maximum atomic E-state index is 13.0. The second-order valence-corrected chi connectivity index (χ2v) is 6.62. The van der Waals surface area contributed by atoms with E-state index in [1.54, 1.807) is 17.0 Å². The van der Waals surface area contributed by atoms with E-state index in [-0.39, 0.29) is 17.6 Å². The maximum Gasteiger partial charge on any atom is 0.307 e. The van der Waals surface area contributed by atoms with Crippen LogP contribution in [0.4, 0.5) is 10.1 Å². The highest BCUT2D eigenvalue weighted by Gasteiger charge is 2.38. The Labute approximate surface area is 141 Å². The number of piperazine rings is 1. The molecule has 0 aromatic heterocycles. The Morgan fingerprint density at radius 1 is 0.958 bits per heavy atom. The van der Waals surface area contributed by atoms with Gasteiger partial charge in [-0.05, 0) is 37.1 Å². The first-order chi connectivity index (χ1) is 11.6. The fourth-order valence-corrected chi connectivity index (χ4v) is 3.79. The molecule has 1 saturated heterocycles. The number of hydrogen-bond donors (Lipinski definition) is 1. The van der Waals surface area contributed by atoms with Crippen molar-refractivity contribution in [2.24, 2.45) is 11.8 Å². The van der Waals surface area contributed by atoms with Crippen LogP contribution in [0.5, 0.6) is 0 Å². The SMILES string of the molecule is O=C(O)[C@H]1CCCC[C@@H]1C(=O)N1CCN(c2ccc(F)cc2)CC1. The van der Waals surface area contributed by atoms with Crippen molar-refractivity contribution in [3.05, 3.63) is 30.1 Å². The molecule has 0 radical (unpaired) electrons. The van der Waals surface area contributed by atoms with E-state index in [2.05, 4.69) is 4.90 Å². The van der Waals surface area contributed by atoms with Crippen LogP contribution in [-0.2, 0) is 9.59 Å². The van der Waals surface area contributed by atoms with E-state index in [1.807, 2.05) is 0 Å². The summed E-state index contributed by atoms with van der Waals surface area (Å²) in [5, 5.41) is 9.36. The van der Waals surface area contributed by atoms with Crippen LogP contribution >= 0.6 is 0 Å². The van der Waals surface area contributed by atoms with Gasteiger partial charge in [0.2, 0.25) is 5.91 Å². The third-order valence-electron chi connectivity index (χ3n) is 5.18. The number of carbonyl (C=O) groups is 2. The number of carboxylic acid groups (broad SMARTS) is 1. The molecule has 1 aliphatic carbocycles. The zero-order chi connectivity index (χ0) is 17.1. The van der Waals surface area contributed by atoms with E-state index < -0.39 is 11.9 Å². The molecular weight excluding hydrogens is 311 g/mol. The van der Waals surface area contributed by atoms with Crippen LogP contribution in [-0.4, -0.2) is 48.1 Å². The Morgan fingerprint density at radius 2 is 1.54 bits per heavy atom. The number of halogens is 1. The maximum absolute atomic E-state index is 13.0. The van der Waals surface area contributed by atoms with Gasteiger partial charge in [0, 0.05) is 31.9 Å². The van der Waals surface area contributed by atoms with Gasteiger partial charge in [-0.25, -0.2) is 4.39 Å². The standard InChI is InChI=1S/C18H23FN2O3/c19-13-5-7-14(8-6-13)20-9-11-21(12-10-20)17(22)15-3-1-2-4-16(15)18(23)24/h5-8,15-16H,1-4,9-12H2,(H,23,24)/t15-,16-/m0/s1. The molecule has 0 bridgehead atoms. The van der Waals surface area contributed by atoms with Gasteiger partial charge in [-0.2, -0.15) is 0 Å². The lowest BCUT2D eigenvalue weighted by Gasteiger charge is -2.39. The first-order valence-corrected chi connectivity index (χ1v) is 8.58. The predicted octanol–water partition coefficient (Wildman–Crippen LogP) is 2.37. The van der Waals surface area contributed by atoms with Crippen LogP contribution in [0, 0.1) is 17.7 Å². The molecule has 1 saturated carbocycles. The van der Waals surface area contributed by atoms with E-state index in [0.717, 1.165) is 18.5 Å². The summed E-state index contributed by atoms with van der Waals surface area (Å²) in [5.74, 6) is -2.04. The van der Waals surface area contributed by atoms with E-state index in [0.29, 0.717) is 39.0 Å². The summed E-state index contributed by atoms with van der Waals surface area (Å²) in [4.78, 5) is 28.1. The zero-order valence-corrected chi connectivity index (χ0v) is 13.7. The minimum absolute atomic E-state index is 0.0131. The summed E-state index contributed by atoms with van der Waals surface area (Å²) < 4.78 is 13.0. The molecule has 5 nitrogen and oxygen atoms in total. The number of rotatable bonds is 3. The Kier molecular flexibility index (Phi) is 5.02. The molecule has 1 N–H and O–H groups in total. The molecule has 24 heavy (non-hydrogen) atoms. The van der Waals surface area contributed by atoms with Crippen molar-refractivity contribution in [3.8, 4) is 0 Å². The Morgan fingerprint density at radius 3 is 2.12 bits per heavy atom. The first-order valence-electron chi connectivity index (χ1n) is 8.58. The van der Waals surface area contributed by atoms with E-state index in [1.165, 1.54) is 12.1 Å². The van der Waals surface area contributed by atoms with Gasteiger partial charge in [-0.3, -0.25) is 9.59 Å². The summed E-state index contributed by atoms with van der Waals surface area (Å²) >= 11 is 0. The number of nitrogens with zero attached hydrogens (tertiary/aromatic N) is 2. The molecule has 1 aliphatic heterocycles. The molecule has 0 unspecified atom stereocenters.